The van der Waals surface area contributed by atoms with Crippen LogP contribution in [0.15, 0.2) is 23.1 Å². The second-order valence-electron chi connectivity index (χ2n) is 5.10. The van der Waals surface area contributed by atoms with Gasteiger partial charge in [-0.25, -0.2) is 12.8 Å². The van der Waals surface area contributed by atoms with Crippen molar-refractivity contribution in [3.05, 3.63) is 29.6 Å². The quantitative estimate of drug-likeness (QED) is 0.896. The van der Waals surface area contributed by atoms with Gasteiger partial charge in [-0.1, -0.05) is 6.07 Å². The van der Waals surface area contributed by atoms with Gasteiger partial charge in [0.15, 0.2) is 0 Å². The Balaban J connectivity index is 2.49. The molecular weight excluding hydrogens is 267 g/mol. The highest BCUT2D eigenvalue weighted by Gasteiger charge is 2.36. The van der Waals surface area contributed by atoms with Gasteiger partial charge in [0.25, 0.3) is 0 Å². The number of nitrogens with zero attached hydrogens (tertiary/aromatic N) is 1. The lowest BCUT2D eigenvalue weighted by molar-refractivity contribution is 0.220. The monoisotopic (exact) mass is 286 g/mol. The number of rotatable bonds is 2. The molecule has 0 amide bonds. The second-order valence-corrected chi connectivity index (χ2v) is 6.91. The maximum atomic E-state index is 13.3. The number of aryl methyl sites for hydroxylation is 1. The Morgan fingerprint density at radius 3 is 2.42 bits per heavy atom. The molecule has 19 heavy (non-hydrogen) atoms. The van der Waals surface area contributed by atoms with Crippen molar-refractivity contribution < 1.29 is 12.8 Å². The summed E-state index contributed by atoms with van der Waals surface area (Å²) >= 11 is 0. The maximum Gasteiger partial charge on any atom is 0.244 e. The van der Waals surface area contributed by atoms with Gasteiger partial charge in [0.2, 0.25) is 10.0 Å². The van der Waals surface area contributed by atoms with Crippen molar-refractivity contribution in [3.63, 3.8) is 0 Å². The van der Waals surface area contributed by atoms with E-state index in [1.807, 2.05) is 13.8 Å². The molecule has 1 aliphatic rings. The van der Waals surface area contributed by atoms with Crippen LogP contribution in [0.3, 0.4) is 0 Å². The van der Waals surface area contributed by atoms with Gasteiger partial charge >= 0.3 is 0 Å². The minimum absolute atomic E-state index is 0.0631. The lowest BCUT2D eigenvalue weighted by atomic mass is 10.2. The highest BCUT2D eigenvalue weighted by molar-refractivity contribution is 7.89. The van der Waals surface area contributed by atoms with Gasteiger partial charge in [-0.2, -0.15) is 4.31 Å². The van der Waals surface area contributed by atoms with E-state index in [4.69, 9.17) is 0 Å². The smallest absolute Gasteiger partial charge is 0.244 e. The zero-order chi connectivity index (χ0) is 14.2. The molecule has 1 aromatic carbocycles. The van der Waals surface area contributed by atoms with Gasteiger partial charge in [0.1, 0.15) is 5.82 Å². The van der Waals surface area contributed by atoms with Crippen LogP contribution in [0.4, 0.5) is 4.39 Å². The fourth-order valence-corrected chi connectivity index (χ4v) is 4.61. The molecule has 0 aromatic heterocycles. The summed E-state index contributed by atoms with van der Waals surface area (Å²) in [6, 6.07) is 3.60. The molecule has 1 aromatic rings. The van der Waals surface area contributed by atoms with Gasteiger partial charge in [0.05, 0.1) is 4.90 Å². The van der Waals surface area contributed by atoms with E-state index in [0.29, 0.717) is 18.7 Å². The second kappa shape index (κ2) is 5.19. The summed E-state index contributed by atoms with van der Waals surface area (Å²) in [6.07, 6.45) is 0. The number of hydrogen-bond acceptors (Lipinski definition) is 3. The van der Waals surface area contributed by atoms with Crippen molar-refractivity contribution in [2.75, 3.05) is 13.1 Å². The molecule has 0 aliphatic carbocycles. The summed E-state index contributed by atoms with van der Waals surface area (Å²) in [6.45, 7) is 6.61. The number of halogens is 1. The molecule has 106 valence electrons. The molecule has 0 bridgehead atoms. The predicted molar refractivity (Wildman–Crippen MR) is 72.0 cm³/mol. The van der Waals surface area contributed by atoms with Crippen LogP contribution in [0, 0.1) is 12.7 Å². The third-order valence-electron chi connectivity index (χ3n) is 3.45. The molecule has 0 saturated carbocycles. The van der Waals surface area contributed by atoms with Crippen LogP contribution < -0.4 is 5.32 Å². The molecule has 2 rings (SSSR count). The van der Waals surface area contributed by atoms with Crippen molar-refractivity contribution in [2.45, 2.75) is 37.8 Å². The van der Waals surface area contributed by atoms with E-state index in [1.54, 1.807) is 6.92 Å². The molecule has 1 fully saturated rings. The first-order chi connectivity index (χ1) is 8.84. The van der Waals surface area contributed by atoms with Crippen molar-refractivity contribution in [2.24, 2.45) is 0 Å². The average Bonchev–Trinajstić information content (AvgIpc) is 2.31. The lowest BCUT2D eigenvalue weighted by Crippen LogP contribution is -2.57. The van der Waals surface area contributed by atoms with Gasteiger partial charge < -0.3 is 5.32 Å². The summed E-state index contributed by atoms with van der Waals surface area (Å²) in [5.74, 6) is -0.528. The number of sulfonamides is 1. The van der Waals surface area contributed by atoms with Gasteiger partial charge in [0, 0.05) is 25.2 Å². The number of hydrogen-bond donors (Lipinski definition) is 1. The summed E-state index contributed by atoms with van der Waals surface area (Å²) < 4.78 is 40.2. The topological polar surface area (TPSA) is 49.4 Å². The third kappa shape index (κ3) is 2.66. The van der Waals surface area contributed by atoms with E-state index in [0.717, 1.165) is 6.07 Å². The molecule has 1 N–H and O–H groups in total. The Morgan fingerprint density at radius 2 is 1.84 bits per heavy atom. The van der Waals surface area contributed by atoms with Crippen LogP contribution >= 0.6 is 0 Å². The Labute approximate surface area is 113 Å². The van der Waals surface area contributed by atoms with E-state index >= 15 is 0 Å². The largest absolute Gasteiger partial charge is 0.314 e. The minimum Gasteiger partial charge on any atom is -0.314 e. The normalized spacial score (nSPS) is 25.5. The van der Waals surface area contributed by atoms with Crippen LogP contribution in [0.25, 0.3) is 0 Å². The van der Waals surface area contributed by atoms with E-state index in [2.05, 4.69) is 5.32 Å². The van der Waals surface area contributed by atoms with Crippen molar-refractivity contribution in [1.29, 1.82) is 0 Å². The number of nitrogens with one attached hydrogen (secondary N) is 1. The molecule has 2 unspecified atom stereocenters. The SMILES string of the molecule is Cc1ccc(F)cc1S(=O)(=O)N1C(C)CNCC1C. The molecule has 2 atom stereocenters. The molecule has 6 heteroatoms. The first-order valence-electron chi connectivity index (χ1n) is 6.34. The standard InChI is InChI=1S/C13H19FN2O2S/c1-9-4-5-12(14)6-13(9)19(17,18)16-10(2)7-15-8-11(16)3/h4-6,10-11,15H,7-8H2,1-3H3. The zero-order valence-corrected chi connectivity index (χ0v) is 12.2. The van der Waals surface area contributed by atoms with Crippen LogP contribution in [0.2, 0.25) is 0 Å². The van der Waals surface area contributed by atoms with E-state index in [1.165, 1.54) is 16.4 Å². The molecule has 1 aliphatic heterocycles. The maximum absolute atomic E-state index is 13.3. The highest BCUT2D eigenvalue weighted by Crippen LogP contribution is 2.25. The fourth-order valence-electron chi connectivity index (χ4n) is 2.55. The molecule has 4 nitrogen and oxygen atoms in total. The fraction of sp³-hybridized carbons (Fsp3) is 0.538. The van der Waals surface area contributed by atoms with Crippen LogP contribution in [-0.2, 0) is 10.0 Å². The van der Waals surface area contributed by atoms with Crippen LogP contribution in [0.5, 0.6) is 0 Å². The van der Waals surface area contributed by atoms with E-state index < -0.39 is 15.8 Å². The first-order valence-corrected chi connectivity index (χ1v) is 7.78. The van der Waals surface area contributed by atoms with Crippen molar-refractivity contribution >= 4 is 10.0 Å². The third-order valence-corrected chi connectivity index (χ3v) is 5.72. The Bertz CT molecular complexity index is 564. The van der Waals surface area contributed by atoms with Crippen molar-refractivity contribution in [3.8, 4) is 0 Å². The van der Waals surface area contributed by atoms with Crippen molar-refractivity contribution in [1.82, 2.24) is 9.62 Å². The Morgan fingerprint density at radius 1 is 1.26 bits per heavy atom. The summed E-state index contributed by atoms with van der Waals surface area (Å²) in [7, 11) is -3.66. The Kier molecular flexibility index (Phi) is 3.94. The average molecular weight is 286 g/mol. The summed E-state index contributed by atoms with van der Waals surface area (Å²) in [5, 5.41) is 3.18. The minimum atomic E-state index is -3.66. The molecule has 0 radical (unpaired) electrons. The lowest BCUT2D eigenvalue weighted by Gasteiger charge is -2.38. The van der Waals surface area contributed by atoms with Gasteiger partial charge in [-0.05, 0) is 38.5 Å². The first kappa shape index (κ1) is 14.4. The summed E-state index contributed by atoms with van der Waals surface area (Å²) in [4.78, 5) is 0.0631. The van der Waals surface area contributed by atoms with Crippen LogP contribution in [0.1, 0.15) is 19.4 Å². The zero-order valence-electron chi connectivity index (χ0n) is 11.4. The molecule has 1 saturated heterocycles. The highest BCUT2D eigenvalue weighted by atomic mass is 32.2. The number of benzene rings is 1. The van der Waals surface area contributed by atoms with E-state index in [-0.39, 0.29) is 17.0 Å². The molecule has 1 heterocycles. The number of piperazine rings is 1. The summed E-state index contributed by atoms with van der Waals surface area (Å²) in [5.41, 5.74) is 0.569. The van der Waals surface area contributed by atoms with E-state index in [9.17, 15) is 12.8 Å². The Hall–Kier alpha value is -0.980. The van der Waals surface area contributed by atoms with Gasteiger partial charge in [-0.3, -0.25) is 0 Å². The van der Waals surface area contributed by atoms with Gasteiger partial charge in [-0.15, -0.1) is 0 Å². The predicted octanol–water partition coefficient (Wildman–Crippen LogP) is 1.51. The molecule has 0 spiro atoms. The van der Waals surface area contributed by atoms with Crippen LogP contribution in [-0.4, -0.2) is 37.9 Å². The molecular formula is C13H19FN2O2S.